The van der Waals surface area contributed by atoms with E-state index in [0.29, 0.717) is 62.9 Å². The smallest absolute Gasteiger partial charge is 0.404 e. The number of hydrogen-bond acceptors (Lipinski definition) is 13. The lowest BCUT2D eigenvalue weighted by atomic mass is 10.0. The standard InChI is InChI=1S/C34H41BrN11O5P/c1-44-21-22(19-40-44)23-17-27(29(50-2)18-28(23)46-12-10-45(11-13-46)14-16-51-15-9-38-34(47)48)42-33-39-20-24(35)32(43-33)41-26-6-5-25-30(37-8-7-36-25)31(26)52(3,4)49/h5-8,17-21,38H,9-16H2,1-4H3,(H,47,48)(H2,39,41,42,43). The third kappa shape index (κ3) is 8.78. The molecular weight excluding hydrogens is 753 g/mol. The topological polar surface area (TPSA) is 185 Å². The van der Waals surface area contributed by atoms with E-state index in [0.717, 1.165) is 49.5 Å². The van der Waals surface area contributed by atoms with Crippen molar-refractivity contribution in [1.82, 2.24) is 39.9 Å². The predicted octanol–water partition coefficient (Wildman–Crippen LogP) is 4.73. The first kappa shape index (κ1) is 36.9. The number of carbonyl (C=O) groups is 1. The van der Waals surface area contributed by atoms with Crippen LogP contribution in [0.25, 0.3) is 22.2 Å². The number of ether oxygens (including phenoxy) is 2. The van der Waals surface area contributed by atoms with Gasteiger partial charge in [0.25, 0.3) is 0 Å². The van der Waals surface area contributed by atoms with E-state index in [1.807, 2.05) is 43.7 Å². The number of carboxylic acid groups (broad SMARTS) is 1. The highest BCUT2D eigenvalue weighted by atomic mass is 79.9. The molecule has 1 saturated heterocycles. The maximum absolute atomic E-state index is 13.5. The Kier molecular flexibility index (Phi) is 11.5. The molecule has 0 radical (unpaired) electrons. The highest BCUT2D eigenvalue weighted by molar-refractivity contribution is 9.10. The Hall–Kier alpha value is -4.83. The zero-order valence-corrected chi connectivity index (χ0v) is 31.8. The van der Waals surface area contributed by atoms with Crippen molar-refractivity contribution in [2.45, 2.75) is 0 Å². The van der Waals surface area contributed by atoms with Crippen molar-refractivity contribution < 1.29 is 23.9 Å². The van der Waals surface area contributed by atoms with E-state index in [1.165, 1.54) is 0 Å². The van der Waals surface area contributed by atoms with Gasteiger partial charge in [-0.15, -0.1) is 0 Å². The van der Waals surface area contributed by atoms with Crippen molar-refractivity contribution in [2.75, 3.05) is 88.5 Å². The Bertz CT molecular complexity index is 2100. The lowest BCUT2D eigenvalue weighted by molar-refractivity contribution is 0.102. The Morgan fingerprint density at radius 3 is 2.52 bits per heavy atom. The zero-order valence-electron chi connectivity index (χ0n) is 29.3. The van der Waals surface area contributed by atoms with Crippen LogP contribution in [0.4, 0.5) is 33.6 Å². The fraction of sp³-hybridized carbons (Fsp3) is 0.353. The van der Waals surface area contributed by atoms with Gasteiger partial charge in [0.2, 0.25) is 5.95 Å². The van der Waals surface area contributed by atoms with Crippen molar-refractivity contribution in [3.63, 3.8) is 0 Å². The van der Waals surface area contributed by atoms with Gasteiger partial charge in [-0.05, 0) is 47.5 Å². The number of rotatable bonds is 14. The molecule has 3 aromatic heterocycles. The van der Waals surface area contributed by atoms with Crippen LogP contribution in [0.15, 0.2) is 59.7 Å². The summed E-state index contributed by atoms with van der Waals surface area (Å²) >= 11 is 3.57. The summed E-state index contributed by atoms with van der Waals surface area (Å²) in [5, 5.41) is 22.8. The number of aryl methyl sites for hydroxylation is 1. The number of benzene rings is 2. The highest BCUT2D eigenvalue weighted by Gasteiger charge is 2.25. The van der Waals surface area contributed by atoms with Gasteiger partial charge in [-0.25, -0.2) is 9.78 Å². The monoisotopic (exact) mass is 793 g/mol. The molecule has 0 saturated carbocycles. The Labute approximate surface area is 309 Å². The maximum Gasteiger partial charge on any atom is 0.404 e. The second-order valence-electron chi connectivity index (χ2n) is 12.5. The van der Waals surface area contributed by atoms with Gasteiger partial charge < -0.3 is 40.0 Å². The number of nitrogens with one attached hydrogen (secondary N) is 3. The number of anilines is 5. The zero-order chi connectivity index (χ0) is 36.8. The van der Waals surface area contributed by atoms with Crippen LogP contribution < -0.4 is 30.9 Å². The summed E-state index contributed by atoms with van der Waals surface area (Å²) in [6, 6.07) is 7.73. The average Bonchev–Trinajstić information content (AvgIpc) is 3.56. The molecule has 0 aliphatic carbocycles. The largest absolute Gasteiger partial charge is 0.494 e. The fourth-order valence-electron chi connectivity index (χ4n) is 6.06. The van der Waals surface area contributed by atoms with Crippen molar-refractivity contribution in [3.8, 4) is 16.9 Å². The minimum atomic E-state index is -2.79. The van der Waals surface area contributed by atoms with Gasteiger partial charge in [0, 0.05) is 94.0 Å². The van der Waals surface area contributed by atoms with E-state index in [4.69, 9.17) is 19.6 Å². The van der Waals surface area contributed by atoms with Crippen LogP contribution >= 0.6 is 23.1 Å². The van der Waals surface area contributed by atoms with Crippen molar-refractivity contribution >= 4 is 74.3 Å². The van der Waals surface area contributed by atoms with Crippen LogP contribution in [0.5, 0.6) is 5.75 Å². The molecular formula is C34H41BrN11O5P. The number of fused-ring (bicyclic) bond motifs is 1. The minimum absolute atomic E-state index is 0.267. The molecule has 1 aliphatic heterocycles. The molecule has 4 N–H and O–H groups in total. The Balaban J connectivity index is 1.23. The van der Waals surface area contributed by atoms with Crippen LogP contribution in [0.2, 0.25) is 0 Å². The number of amides is 1. The molecule has 1 aliphatic rings. The molecule has 52 heavy (non-hydrogen) atoms. The molecule has 0 unspecified atom stereocenters. The summed E-state index contributed by atoms with van der Waals surface area (Å²) in [6.07, 6.45) is 7.62. The molecule has 0 spiro atoms. The number of nitrogens with zero attached hydrogens (tertiary/aromatic N) is 8. The summed E-state index contributed by atoms with van der Waals surface area (Å²) < 4.78 is 27.4. The van der Waals surface area contributed by atoms with Crippen molar-refractivity contribution in [2.24, 2.45) is 7.05 Å². The third-order valence-electron chi connectivity index (χ3n) is 8.52. The number of methoxy groups -OCH3 is 1. The molecule has 16 nitrogen and oxygen atoms in total. The van der Waals surface area contributed by atoms with E-state index in [9.17, 15) is 9.36 Å². The molecule has 1 amide bonds. The van der Waals surface area contributed by atoms with Crippen LogP contribution in [0, 0.1) is 0 Å². The second kappa shape index (κ2) is 16.2. The van der Waals surface area contributed by atoms with Crippen LogP contribution in [0.1, 0.15) is 0 Å². The first-order valence-electron chi connectivity index (χ1n) is 16.6. The molecule has 5 aromatic rings. The van der Waals surface area contributed by atoms with E-state index in [2.05, 4.69) is 61.7 Å². The van der Waals surface area contributed by atoms with E-state index >= 15 is 0 Å². The van der Waals surface area contributed by atoms with Crippen molar-refractivity contribution in [3.05, 3.63) is 59.7 Å². The number of halogens is 1. The summed E-state index contributed by atoms with van der Waals surface area (Å²) in [5.41, 5.74) is 5.46. The van der Waals surface area contributed by atoms with Crippen LogP contribution in [-0.4, -0.2) is 119 Å². The van der Waals surface area contributed by atoms with E-state index in [1.54, 1.807) is 43.7 Å². The first-order chi connectivity index (χ1) is 25.0. The summed E-state index contributed by atoms with van der Waals surface area (Å²) in [4.78, 5) is 33.5. The lowest BCUT2D eigenvalue weighted by Crippen LogP contribution is -2.47. The first-order valence-corrected chi connectivity index (χ1v) is 20.0. The lowest BCUT2D eigenvalue weighted by Gasteiger charge is -2.37. The van der Waals surface area contributed by atoms with Gasteiger partial charge in [0.15, 0.2) is 0 Å². The summed E-state index contributed by atoms with van der Waals surface area (Å²) in [7, 11) is 0.728. The Morgan fingerprint density at radius 2 is 1.81 bits per heavy atom. The summed E-state index contributed by atoms with van der Waals surface area (Å²) in [5.74, 6) is 1.41. The van der Waals surface area contributed by atoms with Crippen molar-refractivity contribution in [1.29, 1.82) is 0 Å². The third-order valence-corrected chi connectivity index (χ3v) is 10.6. The number of hydrogen-bond donors (Lipinski definition) is 4. The molecule has 6 rings (SSSR count). The number of aromatic nitrogens is 6. The van der Waals surface area contributed by atoms with Gasteiger partial charge in [-0.3, -0.25) is 19.5 Å². The minimum Gasteiger partial charge on any atom is -0.494 e. The molecule has 0 bridgehead atoms. The molecule has 1 fully saturated rings. The average molecular weight is 795 g/mol. The summed E-state index contributed by atoms with van der Waals surface area (Å²) in [6.45, 7) is 8.58. The predicted molar refractivity (Wildman–Crippen MR) is 206 cm³/mol. The normalized spacial score (nSPS) is 13.7. The van der Waals surface area contributed by atoms with Gasteiger partial charge >= 0.3 is 6.09 Å². The van der Waals surface area contributed by atoms with Gasteiger partial charge in [0.1, 0.15) is 24.2 Å². The van der Waals surface area contributed by atoms with Gasteiger partial charge in [-0.1, -0.05) is 0 Å². The van der Waals surface area contributed by atoms with Crippen LogP contribution in [-0.2, 0) is 16.3 Å². The molecule has 18 heteroatoms. The molecule has 274 valence electrons. The molecule has 4 heterocycles. The highest BCUT2D eigenvalue weighted by Crippen LogP contribution is 2.42. The van der Waals surface area contributed by atoms with Gasteiger partial charge in [-0.2, -0.15) is 10.1 Å². The molecule has 2 aromatic carbocycles. The SMILES string of the molecule is COc1cc(N2CCN(CCOCCNC(=O)O)CC2)c(-c2cnn(C)c2)cc1Nc1ncc(Br)c(Nc2ccc3nccnc3c2P(C)(C)=O)n1. The number of piperazine rings is 1. The van der Waals surface area contributed by atoms with E-state index < -0.39 is 13.2 Å². The van der Waals surface area contributed by atoms with E-state index in [-0.39, 0.29) is 6.54 Å². The second-order valence-corrected chi connectivity index (χ2v) is 16.5. The fourth-order valence-corrected chi connectivity index (χ4v) is 7.74. The van der Waals surface area contributed by atoms with Crippen LogP contribution in [0.3, 0.4) is 0 Å². The Morgan fingerprint density at radius 1 is 1.02 bits per heavy atom. The molecule has 0 atom stereocenters. The van der Waals surface area contributed by atoms with Gasteiger partial charge in [0.05, 0.1) is 53.2 Å². The maximum atomic E-state index is 13.5. The quantitative estimate of drug-likeness (QED) is 0.0894.